The van der Waals surface area contributed by atoms with Crippen molar-refractivity contribution in [2.45, 2.75) is 6.17 Å². The number of carbonyl (C=O) groups is 2. The maximum Gasteiger partial charge on any atom is 0.262 e. The molecule has 0 spiro atoms. The van der Waals surface area contributed by atoms with Gasteiger partial charge >= 0.3 is 0 Å². The Hall–Kier alpha value is -4.65. The molecule has 2 amide bonds. The molecule has 5 rings (SSSR count). The Morgan fingerprint density at radius 3 is 2.46 bits per heavy atom. The predicted molar refractivity (Wildman–Crippen MR) is 133 cm³/mol. The summed E-state index contributed by atoms with van der Waals surface area (Å²) in [5.74, 6) is -0.371. The molecule has 2 N–H and O–H groups in total. The highest BCUT2D eigenvalue weighted by Gasteiger charge is 2.34. The molecule has 1 heterocycles. The quantitative estimate of drug-likeness (QED) is 0.387. The Kier molecular flexibility index (Phi) is 6.13. The zero-order chi connectivity index (χ0) is 24.2. The molecular weight excluding hydrogens is 445 g/mol. The molecule has 0 saturated carbocycles. The summed E-state index contributed by atoms with van der Waals surface area (Å²) in [6.45, 7) is -0.219. The van der Waals surface area contributed by atoms with Crippen LogP contribution < -0.4 is 20.3 Å². The Balaban J connectivity index is 1.37. The van der Waals surface area contributed by atoms with Crippen LogP contribution in [0.5, 0.6) is 5.75 Å². The first-order valence-electron chi connectivity index (χ1n) is 11.1. The number of nitrogens with zero attached hydrogens (tertiary/aromatic N) is 1. The summed E-state index contributed by atoms with van der Waals surface area (Å²) in [4.78, 5) is 27.5. The van der Waals surface area contributed by atoms with Gasteiger partial charge in [-0.1, -0.05) is 42.5 Å². The van der Waals surface area contributed by atoms with Crippen LogP contribution in [0.2, 0.25) is 0 Å². The van der Waals surface area contributed by atoms with E-state index in [1.165, 1.54) is 24.3 Å². The van der Waals surface area contributed by atoms with E-state index in [0.717, 1.165) is 16.9 Å². The maximum absolute atomic E-state index is 13.5. The minimum atomic E-state index is -0.476. The van der Waals surface area contributed by atoms with Crippen molar-refractivity contribution in [1.29, 1.82) is 0 Å². The van der Waals surface area contributed by atoms with Gasteiger partial charge in [-0.2, -0.15) is 0 Å². The fourth-order valence-corrected chi connectivity index (χ4v) is 4.00. The highest BCUT2D eigenvalue weighted by atomic mass is 19.1. The van der Waals surface area contributed by atoms with Crippen molar-refractivity contribution in [3.63, 3.8) is 0 Å². The van der Waals surface area contributed by atoms with Crippen LogP contribution in [0.3, 0.4) is 0 Å². The van der Waals surface area contributed by atoms with E-state index in [1.807, 2.05) is 60.7 Å². The van der Waals surface area contributed by atoms with Crippen LogP contribution in [0.1, 0.15) is 22.1 Å². The smallest absolute Gasteiger partial charge is 0.262 e. The number of ether oxygens (including phenoxy) is 1. The SMILES string of the molecule is O=C(COc1cccc([C@@H]2Nc3ccccc3C(=O)N2c2ccccc2)c1)Nc1ccc(F)cc1. The highest BCUT2D eigenvalue weighted by Crippen LogP contribution is 2.37. The zero-order valence-electron chi connectivity index (χ0n) is 18.6. The molecule has 174 valence electrons. The third-order valence-electron chi connectivity index (χ3n) is 5.63. The van der Waals surface area contributed by atoms with Crippen LogP contribution in [-0.2, 0) is 4.79 Å². The Bertz CT molecular complexity index is 1360. The van der Waals surface area contributed by atoms with E-state index in [-0.39, 0.29) is 24.2 Å². The molecule has 0 bridgehead atoms. The molecule has 0 fully saturated rings. The van der Waals surface area contributed by atoms with E-state index >= 15 is 0 Å². The average molecular weight is 468 g/mol. The molecule has 0 radical (unpaired) electrons. The second-order valence-electron chi connectivity index (χ2n) is 8.02. The van der Waals surface area contributed by atoms with E-state index in [9.17, 15) is 14.0 Å². The minimum Gasteiger partial charge on any atom is -0.484 e. The average Bonchev–Trinajstić information content (AvgIpc) is 2.89. The zero-order valence-corrected chi connectivity index (χ0v) is 18.6. The van der Waals surface area contributed by atoms with Crippen molar-refractivity contribution in [3.05, 3.63) is 120 Å². The summed E-state index contributed by atoms with van der Waals surface area (Å²) >= 11 is 0. The second kappa shape index (κ2) is 9.69. The molecule has 35 heavy (non-hydrogen) atoms. The lowest BCUT2D eigenvalue weighted by Gasteiger charge is -2.38. The lowest BCUT2D eigenvalue weighted by atomic mass is 10.0. The molecule has 1 aliphatic heterocycles. The van der Waals surface area contributed by atoms with Crippen molar-refractivity contribution in [1.82, 2.24) is 0 Å². The highest BCUT2D eigenvalue weighted by molar-refractivity contribution is 6.12. The van der Waals surface area contributed by atoms with E-state index in [4.69, 9.17) is 4.74 Å². The molecule has 0 unspecified atom stereocenters. The normalized spacial score (nSPS) is 14.6. The van der Waals surface area contributed by atoms with Crippen LogP contribution in [0, 0.1) is 5.82 Å². The third-order valence-corrected chi connectivity index (χ3v) is 5.63. The summed E-state index contributed by atoms with van der Waals surface area (Å²) in [5, 5.41) is 6.13. The fraction of sp³-hybridized carbons (Fsp3) is 0.0714. The Morgan fingerprint density at radius 2 is 1.66 bits per heavy atom. The van der Waals surface area contributed by atoms with E-state index in [1.54, 1.807) is 23.1 Å². The van der Waals surface area contributed by atoms with Gasteiger partial charge in [0.25, 0.3) is 11.8 Å². The fourth-order valence-electron chi connectivity index (χ4n) is 4.00. The number of rotatable bonds is 6. The number of halogens is 1. The van der Waals surface area contributed by atoms with E-state index < -0.39 is 6.17 Å². The lowest BCUT2D eigenvalue weighted by molar-refractivity contribution is -0.118. The van der Waals surface area contributed by atoms with Crippen LogP contribution >= 0.6 is 0 Å². The molecule has 6 nitrogen and oxygen atoms in total. The first-order valence-corrected chi connectivity index (χ1v) is 11.1. The molecule has 4 aromatic rings. The summed E-state index contributed by atoms with van der Waals surface area (Å²) < 4.78 is 18.8. The standard InChI is InChI=1S/C28H22FN3O3/c29-20-13-15-21(16-14-20)30-26(33)18-35-23-10-6-7-19(17-23)27-31-25-12-5-4-11-24(25)28(34)32(27)22-8-2-1-3-9-22/h1-17,27,31H,18H2,(H,30,33)/t27-/m1/s1. The molecule has 1 atom stereocenters. The predicted octanol–water partition coefficient (Wildman–Crippen LogP) is 5.61. The lowest BCUT2D eigenvalue weighted by Crippen LogP contribution is -2.43. The number of para-hydroxylation sites is 2. The van der Waals surface area contributed by atoms with Gasteiger partial charge in [0.15, 0.2) is 6.61 Å². The number of hydrogen-bond acceptors (Lipinski definition) is 4. The van der Waals surface area contributed by atoms with E-state index in [0.29, 0.717) is 17.0 Å². The van der Waals surface area contributed by atoms with Gasteiger partial charge in [0.2, 0.25) is 0 Å². The van der Waals surface area contributed by atoms with Gasteiger partial charge in [0.1, 0.15) is 17.7 Å². The maximum atomic E-state index is 13.5. The summed E-state index contributed by atoms with van der Waals surface area (Å²) in [7, 11) is 0. The molecular formula is C28H22FN3O3. The first kappa shape index (κ1) is 22.2. The van der Waals surface area contributed by atoms with Gasteiger partial charge in [-0.05, 0) is 66.2 Å². The van der Waals surface area contributed by atoms with Gasteiger partial charge in [-0.25, -0.2) is 4.39 Å². The molecule has 0 saturated heterocycles. The molecule has 7 heteroatoms. The number of fused-ring (bicyclic) bond motifs is 1. The number of hydrogen-bond donors (Lipinski definition) is 2. The topological polar surface area (TPSA) is 70.7 Å². The number of carbonyl (C=O) groups excluding carboxylic acids is 2. The van der Waals surface area contributed by atoms with Crippen LogP contribution in [-0.4, -0.2) is 18.4 Å². The van der Waals surface area contributed by atoms with Gasteiger partial charge < -0.3 is 15.4 Å². The van der Waals surface area contributed by atoms with Crippen LogP contribution in [0.4, 0.5) is 21.5 Å². The monoisotopic (exact) mass is 467 g/mol. The van der Waals surface area contributed by atoms with Gasteiger partial charge in [-0.15, -0.1) is 0 Å². The molecule has 0 aliphatic carbocycles. The van der Waals surface area contributed by atoms with Crippen molar-refractivity contribution < 1.29 is 18.7 Å². The van der Waals surface area contributed by atoms with Crippen molar-refractivity contribution in [2.24, 2.45) is 0 Å². The van der Waals surface area contributed by atoms with Crippen LogP contribution in [0.15, 0.2) is 103 Å². The first-order chi connectivity index (χ1) is 17.1. The van der Waals surface area contributed by atoms with Gasteiger partial charge in [0.05, 0.1) is 5.56 Å². The third kappa shape index (κ3) is 4.84. The Labute approximate surface area is 202 Å². The molecule has 1 aliphatic rings. The van der Waals surface area contributed by atoms with Crippen molar-refractivity contribution in [3.8, 4) is 5.75 Å². The second-order valence-corrected chi connectivity index (χ2v) is 8.02. The van der Waals surface area contributed by atoms with Crippen molar-refractivity contribution in [2.75, 3.05) is 22.1 Å². The largest absolute Gasteiger partial charge is 0.484 e. The summed E-state index contributed by atoms with van der Waals surface area (Å²) in [5.41, 5.74) is 3.38. The number of nitrogens with one attached hydrogen (secondary N) is 2. The molecule has 0 aromatic heterocycles. The van der Waals surface area contributed by atoms with Crippen LogP contribution in [0.25, 0.3) is 0 Å². The Morgan fingerprint density at radius 1 is 0.914 bits per heavy atom. The number of amides is 2. The van der Waals surface area contributed by atoms with Gasteiger partial charge in [-0.3, -0.25) is 14.5 Å². The number of benzene rings is 4. The number of anilines is 3. The minimum absolute atomic E-state index is 0.111. The molecule has 4 aromatic carbocycles. The summed E-state index contributed by atoms with van der Waals surface area (Å²) in [6, 6.07) is 29.6. The van der Waals surface area contributed by atoms with E-state index in [2.05, 4.69) is 10.6 Å². The van der Waals surface area contributed by atoms with Crippen molar-refractivity contribution >= 4 is 28.9 Å². The summed E-state index contributed by atoms with van der Waals surface area (Å²) in [6.07, 6.45) is -0.476. The van der Waals surface area contributed by atoms with Gasteiger partial charge in [0, 0.05) is 17.1 Å².